The zero-order chi connectivity index (χ0) is 20.3. The van der Waals surface area contributed by atoms with E-state index in [9.17, 15) is 14.0 Å². The SMILES string of the molecule is CC(C)C(NC(=O)c1ccc(F)cc1)C(=O)N1C[C@@H](N)[C@H](c2ccccc2)C1. The number of amides is 2. The van der Waals surface area contributed by atoms with Crippen LogP contribution in [0.25, 0.3) is 0 Å². The third-order valence-corrected chi connectivity index (χ3v) is 5.23. The van der Waals surface area contributed by atoms with Gasteiger partial charge < -0.3 is 16.0 Å². The molecule has 3 rings (SSSR count). The van der Waals surface area contributed by atoms with Gasteiger partial charge in [-0.15, -0.1) is 0 Å². The summed E-state index contributed by atoms with van der Waals surface area (Å²) in [4.78, 5) is 27.4. The molecular formula is C22H26FN3O2. The number of hydrogen-bond donors (Lipinski definition) is 2. The van der Waals surface area contributed by atoms with Crippen LogP contribution < -0.4 is 11.1 Å². The average molecular weight is 383 g/mol. The molecule has 0 spiro atoms. The van der Waals surface area contributed by atoms with Crippen LogP contribution in [0.4, 0.5) is 4.39 Å². The van der Waals surface area contributed by atoms with Gasteiger partial charge in [0.25, 0.3) is 5.91 Å². The first-order chi connectivity index (χ1) is 13.4. The molecule has 1 saturated heterocycles. The molecule has 0 radical (unpaired) electrons. The summed E-state index contributed by atoms with van der Waals surface area (Å²) in [6.07, 6.45) is 0. The van der Waals surface area contributed by atoms with Gasteiger partial charge in [-0.1, -0.05) is 44.2 Å². The Labute approximate surface area is 164 Å². The predicted octanol–water partition coefficient (Wildman–Crippen LogP) is 2.53. The molecule has 0 aliphatic carbocycles. The smallest absolute Gasteiger partial charge is 0.251 e. The highest BCUT2D eigenvalue weighted by Crippen LogP contribution is 2.27. The molecule has 5 nitrogen and oxygen atoms in total. The summed E-state index contributed by atoms with van der Waals surface area (Å²) in [5.41, 5.74) is 7.74. The van der Waals surface area contributed by atoms with Crippen molar-refractivity contribution in [3.8, 4) is 0 Å². The molecular weight excluding hydrogens is 357 g/mol. The molecule has 1 unspecified atom stereocenters. The molecule has 28 heavy (non-hydrogen) atoms. The van der Waals surface area contributed by atoms with Gasteiger partial charge in [-0.25, -0.2) is 4.39 Å². The Balaban J connectivity index is 1.71. The zero-order valence-corrected chi connectivity index (χ0v) is 16.1. The number of halogens is 1. The monoisotopic (exact) mass is 383 g/mol. The Morgan fingerprint density at radius 3 is 2.32 bits per heavy atom. The second kappa shape index (κ2) is 8.52. The van der Waals surface area contributed by atoms with Crippen LogP contribution in [-0.2, 0) is 4.79 Å². The molecule has 0 bridgehead atoms. The standard InChI is InChI=1S/C22H26FN3O2/c1-14(2)20(25-21(27)16-8-10-17(23)11-9-16)22(28)26-12-18(19(24)13-26)15-6-4-3-5-7-15/h3-11,14,18-20H,12-13,24H2,1-2H3,(H,25,27)/t18-,19+,20?/m0/s1. The summed E-state index contributed by atoms with van der Waals surface area (Å²) in [5, 5.41) is 2.80. The van der Waals surface area contributed by atoms with E-state index in [4.69, 9.17) is 5.73 Å². The molecule has 1 aliphatic rings. The van der Waals surface area contributed by atoms with E-state index >= 15 is 0 Å². The van der Waals surface area contributed by atoms with Gasteiger partial charge in [0.15, 0.2) is 0 Å². The topological polar surface area (TPSA) is 75.4 Å². The zero-order valence-electron chi connectivity index (χ0n) is 16.1. The van der Waals surface area contributed by atoms with Crippen molar-refractivity contribution in [2.45, 2.75) is 31.8 Å². The van der Waals surface area contributed by atoms with E-state index in [2.05, 4.69) is 5.32 Å². The molecule has 6 heteroatoms. The average Bonchev–Trinajstić information content (AvgIpc) is 3.08. The van der Waals surface area contributed by atoms with E-state index in [0.29, 0.717) is 18.7 Å². The number of carbonyl (C=O) groups is 2. The Morgan fingerprint density at radius 2 is 1.71 bits per heavy atom. The Morgan fingerprint density at radius 1 is 1.07 bits per heavy atom. The fourth-order valence-corrected chi connectivity index (χ4v) is 3.60. The summed E-state index contributed by atoms with van der Waals surface area (Å²) >= 11 is 0. The minimum atomic E-state index is -0.667. The number of rotatable bonds is 5. The number of nitrogens with two attached hydrogens (primary N) is 1. The number of nitrogens with zero attached hydrogens (tertiary/aromatic N) is 1. The van der Waals surface area contributed by atoms with Crippen molar-refractivity contribution < 1.29 is 14.0 Å². The van der Waals surface area contributed by atoms with E-state index in [1.54, 1.807) is 4.90 Å². The first-order valence-corrected chi connectivity index (χ1v) is 9.52. The van der Waals surface area contributed by atoms with E-state index in [1.807, 2.05) is 44.2 Å². The van der Waals surface area contributed by atoms with Gasteiger partial charge in [0, 0.05) is 30.6 Å². The van der Waals surface area contributed by atoms with Crippen LogP contribution >= 0.6 is 0 Å². The van der Waals surface area contributed by atoms with Gasteiger partial charge >= 0.3 is 0 Å². The Hall–Kier alpha value is -2.73. The molecule has 148 valence electrons. The van der Waals surface area contributed by atoms with Crippen molar-refractivity contribution in [1.29, 1.82) is 0 Å². The van der Waals surface area contributed by atoms with Gasteiger partial charge in [0.1, 0.15) is 11.9 Å². The van der Waals surface area contributed by atoms with Crippen LogP contribution in [0.5, 0.6) is 0 Å². The van der Waals surface area contributed by atoms with E-state index in [0.717, 1.165) is 5.56 Å². The lowest BCUT2D eigenvalue weighted by Crippen LogP contribution is -2.51. The lowest BCUT2D eigenvalue weighted by Gasteiger charge is -2.27. The summed E-state index contributed by atoms with van der Waals surface area (Å²) in [7, 11) is 0. The van der Waals surface area contributed by atoms with Crippen LogP contribution in [0.15, 0.2) is 54.6 Å². The van der Waals surface area contributed by atoms with Gasteiger partial charge in [0.2, 0.25) is 5.91 Å². The number of likely N-dealkylation sites (tertiary alicyclic amines) is 1. The van der Waals surface area contributed by atoms with Crippen LogP contribution in [0.1, 0.15) is 35.7 Å². The molecule has 2 amide bonds. The van der Waals surface area contributed by atoms with Crippen molar-refractivity contribution in [1.82, 2.24) is 10.2 Å². The third-order valence-electron chi connectivity index (χ3n) is 5.23. The molecule has 0 aromatic heterocycles. The quantitative estimate of drug-likeness (QED) is 0.833. The van der Waals surface area contributed by atoms with Crippen LogP contribution in [0.3, 0.4) is 0 Å². The first kappa shape index (κ1) is 20.0. The van der Waals surface area contributed by atoms with Gasteiger partial charge in [0.05, 0.1) is 0 Å². The minimum Gasteiger partial charge on any atom is -0.340 e. The largest absolute Gasteiger partial charge is 0.340 e. The highest BCUT2D eigenvalue weighted by Gasteiger charge is 2.37. The number of carbonyl (C=O) groups excluding carboxylic acids is 2. The van der Waals surface area contributed by atoms with Crippen LogP contribution in [0, 0.1) is 11.7 Å². The molecule has 3 atom stereocenters. The number of hydrogen-bond acceptors (Lipinski definition) is 3. The molecule has 2 aromatic rings. The fraction of sp³-hybridized carbons (Fsp3) is 0.364. The number of benzene rings is 2. The lowest BCUT2D eigenvalue weighted by atomic mass is 9.95. The maximum atomic E-state index is 13.1. The normalized spacial score (nSPS) is 20.2. The first-order valence-electron chi connectivity index (χ1n) is 9.52. The molecule has 3 N–H and O–H groups in total. The van der Waals surface area contributed by atoms with Crippen molar-refractivity contribution in [3.63, 3.8) is 0 Å². The van der Waals surface area contributed by atoms with Crippen molar-refractivity contribution >= 4 is 11.8 Å². The molecule has 1 heterocycles. The Kier molecular flexibility index (Phi) is 6.09. The van der Waals surface area contributed by atoms with E-state index < -0.39 is 17.8 Å². The highest BCUT2D eigenvalue weighted by atomic mass is 19.1. The van der Waals surface area contributed by atoms with E-state index in [1.165, 1.54) is 24.3 Å². The summed E-state index contributed by atoms with van der Waals surface area (Å²) < 4.78 is 13.1. The minimum absolute atomic E-state index is 0.0748. The number of nitrogens with one attached hydrogen (secondary N) is 1. The summed E-state index contributed by atoms with van der Waals surface area (Å²) in [5.74, 6) is -0.963. The van der Waals surface area contributed by atoms with Crippen molar-refractivity contribution in [2.24, 2.45) is 11.7 Å². The highest BCUT2D eigenvalue weighted by molar-refractivity contribution is 5.97. The van der Waals surface area contributed by atoms with Gasteiger partial charge in [-0.3, -0.25) is 9.59 Å². The molecule has 0 saturated carbocycles. The fourth-order valence-electron chi connectivity index (χ4n) is 3.60. The van der Waals surface area contributed by atoms with Crippen LogP contribution in [0.2, 0.25) is 0 Å². The van der Waals surface area contributed by atoms with Gasteiger partial charge in [-0.05, 0) is 35.7 Å². The molecule has 2 aromatic carbocycles. The summed E-state index contributed by atoms with van der Waals surface area (Å²) in [6, 6.07) is 14.4. The van der Waals surface area contributed by atoms with E-state index in [-0.39, 0.29) is 23.8 Å². The summed E-state index contributed by atoms with van der Waals surface area (Å²) in [6.45, 7) is 4.75. The lowest BCUT2D eigenvalue weighted by molar-refractivity contribution is -0.133. The van der Waals surface area contributed by atoms with Crippen LogP contribution in [-0.4, -0.2) is 41.9 Å². The third kappa shape index (κ3) is 4.39. The van der Waals surface area contributed by atoms with Crippen molar-refractivity contribution in [2.75, 3.05) is 13.1 Å². The van der Waals surface area contributed by atoms with Gasteiger partial charge in [-0.2, -0.15) is 0 Å². The molecule has 1 aliphatic heterocycles. The Bertz CT molecular complexity index is 823. The van der Waals surface area contributed by atoms with Crippen molar-refractivity contribution in [3.05, 3.63) is 71.5 Å². The second-order valence-corrected chi connectivity index (χ2v) is 7.63. The predicted molar refractivity (Wildman–Crippen MR) is 106 cm³/mol. The second-order valence-electron chi connectivity index (χ2n) is 7.63. The maximum absolute atomic E-state index is 13.1. The molecule has 1 fully saturated rings. The maximum Gasteiger partial charge on any atom is 0.251 e.